The Hall–Kier alpha value is -1.31. The highest BCUT2D eigenvalue weighted by atomic mass is 16.5. The summed E-state index contributed by atoms with van der Waals surface area (Å²) in [4.78, 5) is 12.2. The van der Waals surface area contributed by atoms with Crippen molar-refractivity contribution in [1.82, 2.24) is 0 Å². The van der Waals surface area contributed by atoms with E-state index in [-0.39, 0.29) is 18.0 Å². The number of carbonyl (C=O) groups is 1. The van der Waals surface area contributed by atoms with Crippen LogP contribution in [0.2, 0.25) is 0 Å². The Morgan fingerprint density at radius 3 is 2.32 bits per heavy atom. The van der Waals surface area contributed by atoms with E-state index < -0.39 is 0 Å². The fraction of sp³-hybridized carbons (Fsp3) is 0.588. The molecule has 2 atom stereocenters. The number of benzene rings is 1. The zero-order valence-corrected chi connectivity index (χ0v) is 12.4. The van der Waals surface area contributed by atoms with Gasteiger partial charge in [0.2, 0.25) is 0 Å². The lowest BCUT2D eigenvalue weighted by molar-refractivity contribution is -0.155. The lowest BCUT2D eigenvalue weighted by atomic mass is 9.99. The summed E-state index contributed by atoms with van der Waals surface area (Å²) in [7, 11) is 0. The average Bonchev–Trinajstić information content (AvgIpc) is 2.46. The van der Waals surface area contributed by atoms with Gasteiger partial charge >= 0.3 is 5.97 Å². The monoisotopic (exact) mass is 262 g/mol. The van der Waals surface area contributed by atoms with Gasteiger partial charge in [-0.15, -0.1) is 0 Å². The zero-order valence-electron chi connectivity index (χ0n) is 12.4. The summed E-state index contributed by atoms with van der Waals surface area (Å²) in [6, 6.07) is 10.00. The number of unbranched alkanes of at least 4 members (excludes halogenated alkanes) is 1. The van der Waals surface area contributed by atoms with E-state index in [4.69, 9.17) is 4.74 Å². The number of rotatable bonds is 8. The molecule has 0 aliphatic rings. The summed E-state index contributed by atoms with van der Waals surface area (Å²) in [6.45, 7) is 6.26. The van der Waals surface area contributed by atoms with Crippen LogP contribution in [0, 0.1) is 5.92 Å². The summed E-state index contributed by atoms with van der Waals surface area (Å²) in [5, 5.41) is 0. The van der Waals surface area contributed by atoms with Crippen LogP contribution in [-0.4, -0.2) is 5.97 Å². The van der Waals surface area contributed by atoms with Crippen molar-refractivity contribution in [1.29, 1.82) is 0 Å². The van der Waals surface area contributed by atoms with Crippen molar-refractivity contribution in [2.24, 2.45) is 5.92 Å². The van der Waals surface area contributed by atoms with Crippen molar-refractivity contribution in [3.05, 3.63) is 35.9 Å². The summed E-state index contributed by atoms with van der Waals surface area (Å²) in [5.41, 5.74) is 1.09. The van der Waals surface area contributed by atoms with Gasteiger partial charge in [-0.05, 0) is 24.8 Å². The first-order valence-corrected chi connectivity index (χ1v) is 7.48. The minimum absolute atomic E-state index is 0.0355. The van der Waals surface area contributed by atoms with Crippen LogP contribution in [-0.2, 0) is 9.53 Å². The summed E-state index contributed by atoms with van der Waals surface area (Å²) < 4.78 is 5.70. The van der Waals surface area contributed by atoms with Gasteiger partial charge in [0, 0.05) is 0 Å². The Labute approximate surface area is 117 Å². The van der Waals surface area contributed by atoms with E-state index in [9.17, 15) is 4.79 Å². The maximum atomic E-state index is 12.2. The maximum absolute atomic E-state index is 12.2. The number of ether oxygens (including phenoxy) is 1. The van der Waals surface area contributed by atoms with Gasteiger partial charge in [0.1, 0.15) is 6.10 Å². The van der Waals surface area contributed by atoms with Crippen molar-refractivity contribution in [3.63, 3.8) is 0 Å². The molecular formula is C17H26O2. The topological polar surface area (TPSA) is 26.3 Å². The van der Waals surface area contributed by atoms with Crippen LogP contribution >= 0.6 is 0 Å². The standard InChI is InChI=1S/C17H26O2/c1-4-7-11-14(5-2)17(18)19-16(6-3)15-12-9-8-10-13-15/h8-10,12-14,16H,4-7,11H2,1-3H3. The van der Waals surface area contributed by atoms with E-state index in [1.807, 2.05) is 30.3 Å². The second-order valence-corrected chi connectivity index (χ2v) is 4.99. The molecule has 0 saturated heterocycles. The Morgan fingerprint density at radius 2 is 1.79 bits per heavy atom. The van der Waals surface area contributed by atoms with E-state index >= 15 is 0 Å². The molecule has 0 radical (unpaired) electrons. The molecule has 0 heterocycles. The van der Waals surface area contributed by atoms with Gasteiger partial charge < -0.3 is 4.74 Å². The molecule has 0 saturated carbocycles. The normalized spacial score (nSPS) is 13.8. The third-order valence-electron chi connectivity index (χ3n) is 3.53. The van der Waals surface area contributed by atoms with Gasteiger partial charge in [0.15, 0.2) is 0 Å². The van der Waals surface area contributed by atoms with Crippen molar-refractivity contribution in [2.75, 3.05) is 0 Å². The fourth-order valence-electron chi connectivity index (χ4n) is 2.23. The first-order chi connectivity index (χ1) is 9.22. The third-order valence-corrected chi connectivity index (χ3v) is 3.53. The SMILES string of the molecule is CCCCC(CC)C(=O)OC(CC)c1ccccc1. The molecule has 106 valence electrons. The van der Waals surface area contributed by atoms with Gasteiger partial charge in [-0.3, -0.25) is 4.79 Å². The van der Waals surface area contributed by atoms with Crippen LogP contribution in [0.15, 0.2) is 30.3 Å². The Bertz CT molecular complexity index is 359. The molecule has 0 N–H and O–H groups in total. The first-order valence-electron chi connectivity index (χ1n) is 7.48. The fourth-order valence-corrected chi connectivity index (χ4v) is 2.23. The molecule has 0 aliphatic heterocycles. The molecule has 0 bridgehead atoms. The molecule has 0 aliphatic carbocycles. The van der Waals surface area contributed by atoms with Crippen molar-refractivity contribution in [2.45, 2.75) is 59.0 Å². The number of esters is 1. The summed E-state index contributed by atoms with van der Waals surface area (Å²) >= 11 is 0. The van der Waals surface area contributed by atoms with E-state index in [1.54, 1.807) is 0 Å². The molecular weight excluding hydrogens is 236 g/mol. The summed E-state index contributed by atoms with van der Waals surface area (Å²) in [5.74, 6) is 0.0179. The average molecular weight is 262 g/mol. The second kappa shape index (κ2) is 8.73. The lowest BCUT2D eigenvalue weighted by Crippen LogP contribution is -2.20. The van der Waals surface area contributed by atoms with Crippen LogP contribution in [0.5, 0.6) is 0 Å². The highest BCUT2D eigenvalue weighted by Gasteiger charge is 2.21. The predicted octanol–water partition coefficient (Wildman–Crippen LogP) is 4.90. The molecule has 0 fully saturated rings. The van der Waals surface area contributed by atoms with Gasteiger partial charge in [0.05, 0.1) is 5.92 Å². The van der Waals surface area contributed by atoms with E-state index in [0.717, 1.165) is 37.7 Å². The van der Waals surface area contributed by atoms with Crippen LogP contribution in [0.3, 0.4) is 0 Å². The van der Waals surface area contributed by atoms with Crippen molar-refractivity contribution < 1.29 is 9.53 Å². The molecule has 0 aromatic heterocycles. The third kappa shape index (κ3) is 5.06. The molecule has 0 amide bonds. The zero-order chi connectivity index (χ0) is 14.1. The minimum atomic E-state index is -0.107. The van der Waals surface area contributed by atoms with Gasteiger partial charge in [-0.25, -0.2) is 0 Å². The Kier molecular flexibility index (Phi) is 7.24. The predicted molar refractivity (Wildman–Crippen MR) is 78.9 cm³/mol. The lowest BCUT2D eigenvalue weighted by Gasteiger charge is -2.20. The second-order valence-electron chi connectivity index (χ2n) is 4.99. The highest BCUT2D eigenvalue weighted by Crippen LogP contribution is 2.24. The van der Waals surface area contributed by atoms with E-state index in [2.05, 4.69) is 20.8 Å². The van der Waals surface area contributed by atoms with Gasteiger partial charge in [-0.1, -0.05) is 63.9 Å². The smallest absolute Gasteiger partial charge is 0.309 e. The Morgan fingerprint density at radius 1 is 1.11 bits per heavy atom. The quantitative estimate of drug-likeness (QED) is 0.623. The maximum Gasteiger partial charge on any atom is 0.309 e. The van der Waals surface area contributed by atoms with Crippen molar-refractivity contribution >= 4 is 5.97 Å². The number of carbonyl (C=O) groups excluding carboxylic acids is 1. The largest absolute Gasteiger partial charge is 0.457 e. The molecule has 1 aromatic rings. The number of hydrogen-bond donors (Lipinski definition) is 0. The molecule has 2 heteroatoms. The van der Waals surface area contributed by atoms with Gasteiger partial charge in [-0.2, -0.15) is 0 Å². The van der Waals surface area contributed by atoms with Crippen LogP contribution in [0.1, 0.15) is 64.5 Å². The molecule has 1 rings (SSSR count). The molecule has 2 nitrogen and oxygen atoms in total. The molecule has 2 unspecified atom stereocenters. The van der Waals surface area contributed by atoms with Crippen molar-refractivity contribution in [3.8, 4) is 0 Å². The number of hydrogen-bond acceptors (Lipinski definition) is 2. The minimum Gasteiger partial charge on any atom is -0.457 e. The highest BCUT2D eigenvalue weighted by molar-refractivity contribution is 5.72. The summed E-state index contributed by atoms with van der Waals surface area (Å²) in [6.07, 6.45) is 4.74. The van der Waals surface area contributed by atoms with Crippen LogP contribution in [0.25, 0.3) is 0 Å². The first kappa shape index (κ1) is 15.7. The van der Waals surface area contributed by atoms with Crippen LogP contribution < -0.4 is 0 Å². The van der Waals surface area contributed by atoms with Gasteiger partial charge in [0.25, 0.3) is 0 Å². The molecule has 0 spiro atoms. The van der Waals surface area contributed by atoms with E-state index in [0.29, 0.717) is 0 Å². The Balaban J connectivity index is 2.62. The molecule has 19 heavy (non-hydrogen) atoms. The molecule has 1 aromatic carbocycles. The van der Waals surface area contributed by atoms with E-state index in [1.165, 1.54) is 0 Å². The van der Waals surface area contributed by atoms with Crippen LogP contribution in [0.4, 0.5) is 0 Å².